The van der Waals surface area contributed by atoms with Crippen LogP contribution in [0.5, 0.6) is 0 Å². The SMILES string of the molecule is CC1CC2CC3CC4CC1C(C3C4)C21c2cccc3c2B2c4c(cccc4N(c4ccccc4)c4cccc1c42)N3c1ccccc1. The highest BCUT2D eigenvalue weighted by Gasteiger charge is 2.69. The highest BCUT2D eigenvalue weighted by atomic mass is 15.2. The van der Waals surface area contributed by atoms with E-state index < -0.39 is 0 Å². The van der Waals surface area contributed by atoms with Gasteiger partial charge in [0.05, 0.1) is 0 Å². The van der Waals surface area contributed by atoms with E-state index in [1.165, 1.54) is 71.7 Å². The van der Waals surface area contributed by atoms with Crippen molar-refractivity contribution in [3.8, 4) is 0 Å². The largest absolute Gasteiger partial charge is 0.311 e. The van der Waals surface area contributed by atoms with E-state index in [2.05, 4.69) is 132 Å². The maximum atomic E-state index is 2.63. The Labute approximate surface area is 278 Å². The maximum Gasteiger partial charge on any atom is 0.252 e. The van der Waals surface area contributed by atoms with Crippen molar-refractivity contribution < 1.29 is 0 Å². The van der Waals surface area contributed by atoms with Crippen LogP contribution in [0, 0.1) is 41.4 Å². The van der Waals surface area contributed by atoms with Crippen LogP contribution in [-0.4, -0.2) is 6.71 Å². The van der Waals surface area contributed by atoms with E-state index in [4.69, 9.17) is 0 Å². The number of nitrogens with zero attached hydrogens (tertiary/aromatic N) is 2. The van der Waals surface area contributed by atoms with Crippen molar-refractivity contribution in [1.29, 1.82) is 0 Å². The quantitative estimate of drug-likeness (QED) is 0.182. The average molecular weight is 607 g/mol. The van der Waals surface area contributed by atoms with Gasteiger partial charge in [-0.3, -0.25) is 0 Å². The molecule has 5 aromatic carbocycles. The number of benzene rings is 5. The van der Waals surface area contributed by atoms with E-state index >= 15 is 0 Å². The molecule has 4 fully saturated rings. The molecule has 0 saturated heterocycles. The zero-order valence-electron chi connectivity index (χ0n) is 27.0. The van der Waals surface area contributed by atoms with Crippen molar-refractivity contribution >= 4 is 57.2 Å². The van der Waals surface area contributed by atoms with E-state index in [-0.39, 0.29) is 12.1 Å². The first-order valence-corrected chi connectivity index (χ1v) is 18.3. The van der Waals surface area contributed by atoms with Crippen LogP contribution in [-0.2, 0) is 5.41 Å². The monoisotopic (exact) mass is 606 g/mol. The first kappa shape index (κ1) is 25.8. The first-order chi connectivity index (χ1) is 23.2. The van der Waals surface area contributed by atoms with Crippen LogP contribution in [0.25, 0.3) is 0 Å². The van der Waals surface area contributed by atoms with Crippen LogP contribution in [0.4, 0.5) is 34.1 Å². The van der Waals surface area contributed by atoms with Gasteiger partial charge >= 0.3 is 0 Å². The molecule has 4 saturated carbocycles. The Hall–Kier alpha value is -4.24. The molecule has 1 spiro atoms. The second-order valence-electron chi connectivity index (χ2n) is 16.2. The Morgan fingerprint density at radius 1 is 0.532 bits per heavy atom. The summed E-state index contributed by atoms with van der Waals surface area (Å²) < 4.78 is 0. The molecule has 7 aliphatic rings. The van der Waals surface area contributed by atoms with Crippen molar-refractivity contribution in [3.05, 3.63) is 126 Å². The summed E-state index contributed by atoms with van der Waals surface area (Å²) in [7, 11) is 0. The zero-order valence-corrected chi connectivity index (χ0v) is 27.0. The molecule has 4 bridgehead atoms. The Kier molecular flexibility index (Phi) is 4.84. The zero-order chi connectivity index (χ0) is 30.6. The fourth-order valence-electron chi connectivity index (χ4n) is 13.4. The molecule has 3 heterocycles. The van der Waals surface area contributed by atoms with Gasteiger partial charge < -0.3 is 9.80 Å². The molecule has 7 atom stereocenters. The number of hydrogen-bond acceptors (Lipinski definition) is 2. The van der Waals surface area contributed by atoms with Gasteiger partial charge in [0.15, 0.2) is 0 Å². The molecular formula is C44H39BN2. The highest BCUT2D eigenvalue weighted by molar-refractivity contribution is 7.01. The van der Waals surface area contributed by atoms with Crippen molar-refractivity contribution in [2.45, 2.75) is 44.4 Å². The fraction of sp³-hybridized carbons (Fsp3) is 0.318. The van der Waals surface area contributed by atoms with Crippen LogP contribution < -0.4 is 26.2 Å². The fourth-order valence-corrected chi connectivity index (χ4v) is 13.4. The number of anilines is 6. The summed E-state index contributed by atoms with van der Waals surface area (Å²) in [6, 6.07) is 44.4. The second-order valence-corrected chi connectivity index (χ2v) is 16.2. The third-order valence-corrected chi connectivity index (χ3v) is 14.5. The topological polar surface area (TPSA) is 6.48 Å². The summed E-state index contributed by atoms with van der Waals surface area (Å²) in [5, 5.41) is 0. The molecule has 7 unspecified atom stereocenters. The van der Waals surface area contributed by atoms with Crippen molar-refractivity contribution in [1.82, 2.24) is 0 Å². The van der Waals surface area contributed by atoms with Gasteiger partial charge in [-0.1, -0.05) is 73.7 Å². The van der Waals surface area contributed by atoms with Gasteiger partial charge in [-0.25, -0.2) is 0 Å². The Morgan fingerprint density at radius 2 is 1.06 bits per heavy atom. The summed E-state index contributed by atoms with van der Waals surface area (Å²) in [6.07, 6.45) is 7.22. The molecule has 0 radical (unpaired) electrons. The van der Waals surface area contributed by atoms with E-state index in [9.17, 15) is 0 Å². The summed E-state index contributed by atoms with van der Waals surface area (Å²) in [6.45, 7) is 2.88. The van der Waals surface area contributed by atoms with Crippen LogP contribution in [0.15, 0.2) is 115 Å². The van der Waals surface area contributed by atoms with E-state index in [0.29, 0.717) is 5.92 Å². The van der Waals surface area contributed by atoms with Crippen LogP contribution in [0.1, 0.15) is 50.2 Å². The lowest BCUT2D eigenvalue weighted by Gasteiger charge is -2.66. The molecule has 3 heteroatoms. The Balaban J connectivity index is 1.24. The molecular weight excluding hydrogens is 567 g/mol. The predicted octanol–water partition coefficient (Wildman–Crippen LogP) is 8.71. The third-order valence-electron chi connectivity index (χ3n) is 14.5. The number of para-hydroxylation sites is 2. The minimum absolute atomic E-state index is 0.0787. The number of hydrogen-bond donors (Lipinski definition) is 0. The van der Waals surface area contributed by atoms with Crippen molar-refractivity contribution in [2.75, 3.05) is 9.80 Å². The molecule has 4 aliphatic carbocycles. The van der Waals surface area contributed by atoms with Gasteiger partial charge in [-0.2, -0.15) is 0 Å². The van der Waals surface area contributed by atoms with E-state index in [1.54, 1.807) is 22.1 Å². The predicted molar refractivity (Wildman–Crippen MR) is 194 cm³/mol. The van der Waals surface area contributed by atoms with E-state index in [1.807, 2.05) is 0 Å². The van der Waals surface area contributed by atoms with Gasteiger partial charge in [-0.05, 0) is 150 Å². The normalized spacial score (nSPS) is 30.5. The smallest absolute Gasteiger partial charge is 0.252 e. The van der Waals surface area contributed by atoms with Crippen LogP contribution in [0.3, 0.4) is 0 Å². The molecule has 0 amide bonds. The Morgan fingerprint density at radius 3 is 1.66 bits per heavy atom. The van der Waals surface area contributed by atoms with Crippen molar-refractivity contribution in [2.24, 2.45) is 41.4 Å². The van der Waals surface area contributed by atoms with Gasteiger partial charge in [-0.15, -0.1) is 0 Å². The standard InChI is InChI=1S/C44H39BN2/c1-26-21-29-25-28-22-27-23-32(26)40(33(28)24-27)44(29)34-15-8-17-36-41(34)45-42-35(44)16-9-18-37(42)47(31-13-6-3-7-14-31)39-20-10-19-38(43(39)45)46(36)30-11-4-2-5-12-30/h2-20,26-29,32-33,40H,21-25H2,1H3. The minimum Gasteiger partial charge on any atom is -0.311 e. The Bertz CT molecular complexity index is 2010. The molecule has 228 valence electrons. The molecule has 12 rings (SSSR count). The summed E-state index contributed by atoms with van der Waals surface area (Å²) >= 11 is 0. The lowest BCUT2D eigenvalue weighted by Crippen LogP contribution is -2.72. The first-order valence-electron chi connectivity index (χ1n) is 18.3. The molecule has 3 aliphatic heterocycles. The van der Waals surface area contributed by atoms with Gasteiger partial charge in [0, 0.05) is 39.5 Å². The molecule has 0 aromatic heterocycles. The van der Waals surface area contributed by atoms with Gasteiger partial charge in [0.1, 0.15) is 0 Å². The second kappa shape index (κ2) is 8.81. The molecule has 5 aromatic rings. The molecule has 0 N–H and O–H groups in total. The summed E-state index contributed by atoms with van der Waals surface area (Å²) in [4.78, 5) is 5.23. The molecule has 2 nitrogen and oxygen atoms in total. The van der Waals surface area contributed by atoms with Crippen LogP contribution in [0.2, 0.25) is 0 Å². The lowest BCUT2D eigenvalue weighted by molar-refractivity contribution is -0.0746. The molecule has 47 heavy (non-hydrogen) atoms. The highest BCUT2D eigenvalue weighted by Crippen LogP contribution is 2.72. The third kappa shape index (κ3) is 2.94. The number of rotatable bonds is 2. The summed E-state index contributed by atoms with van der Waals surface area (Å²) in [5.74, 6) is 5.85. The average Bonchev–Trinajstić information content (AvgIpc) is 3.48. The maximum absolute atomic E-state index is 2.63. The summed E-state index contributed by atoms with van der Waals surface area (Å²) in [5.41, 5.74) is 16.1. The lowest BCUT2D eigenvalue weighted by atomic mass is 9.25. The number of fused-ring (bicyclic) bond motifs is 1. The van der Waals surface area contributed by atoms with Gasteiger partial charge in [0.2, 0.25) is 0 Å². The minimum atomic E-state index is 0.0787. The van der Waals surface area contributed by atoms with Gasteiger partial charge in [0.25, 0.3) is 6.71 Å². The van der Waals surface area contributed by atoms with Crippen LogP contribution >= 0.6 is 0 Å². The van der Waals surface area contributed by atoms with Crippen molar-refractivity contribution in [3.63, 3.8) is 0 Å². The van der Waals surface area contributed by atoms with E-state index in [0.717, 1.165) is 35.5 Å².